The van der Waals surface area contributed by atoms with Crippen LogP contribution in [0, 0.1) is 0 Å². The van der Waals surface area contributed by atoms with Crippen LogP contribution in [-0.4, -0.2) is 38.0 Å². The number of sulfonamides is 1. The molecule has 0 aliphatic carbocycles. The van der Waals surface area contributed by atoms with Gasteiger partial charge in [0.2, 0.25) is 11.7 Å². The number of hydrogen-bond acceptors (Lipinski definition) is 8. The van der Waals surface area contributed by atoms with Crippen molar-refractivity contribution in [3.63, 3.8) is 0 Å². The number of benzene rings is 1. The van der Waals surface area contributed by atoms with Crippen LogP contribution >= 0.6 is 0 Å². The number of amides is 1. The van der Waals surface area contributed by atoms with Crippen molar-refractivity contribution in [2.24, 2.45) is 0 Å². The Morgan fingerprint density at radius 1 is 1.24 bits per heavy atom. The zero-order valence-corrected chi connectivity index (χ0v) is 14.8. The van der Waals surface area contributed by atoms with E-state index in [1.54, 1.807) is 6.92 Å². The number of rotatable bonds is 6. The Bertz CT molecular complexity index is 868. The molecule has 0 saturated heterocycles. The van der Waals surface area contributed by atoms with Crippen molar-refractivity contribution in [3.8, 4) is 11.6 Å². The fourth-order valence-electron chi connectivity index (χ4n) is 2.09. The largest absolute Gasteiger partial charge is 0.489 e. The SMILES string of the molecule is CCOc1ncnc(N(C(C)=O)S(=O)(=O)c2ccc(N)cc2)c1OC. The minimum Gasteiger partial charge on any atom is -0.489 e. The molecule has 2 N–H and O–H groups in total. The van der Waals surface area contributed by atoms with Crippen LogP contribution in [0.3, 0.4) is 0 Å². The van der Waals surface area contributed by atoms with E-state index in [9.17, 15) is 13.2 Å². The van der Waals surface area contributed by atoms with Crippen molar-refractivity contribution < 1.29 is 22.7 Å². The van der Waals surface area contributed by atoms with Crippen LogP contribution in [0.4, 0.5) is 11.5 Å². The minimum absolute atomic E-state index is 0.0359. The summed E-state index contributed by atoms with van der Waals surface area (Å²) in [6.45, 7) is 3.11. The number of carbonyl (C=O) groups is 1. The lowest BCUT2D eigenvalue weighted by Gasteiger charge is -2.22. The first-order valence-electron chi connectivity index (χ1n) is 7.26. The highest BCUT2D eigenvalue weighted by Gasteiger charge is 2.33. The maximum absolute atomic E-state index is 12.9. The fraction of sp³-hybridized carbons (Fsp3) is 0.267. The Hall–Kier alpha value is -2.88. The van der Waals surface area contributed by atoms with Crippen molar-refractivity contribution in [2.75, 3.05) is 23.8 Å². The number of carbonyl (C=O) groups excluding carboxylic acids is 1. The quantitative estimate of drug-likeness (QED) is 0.756. The van der Waals surface area contributed by atoms with Gasteiger partial charge in [-0.3, -0.25) is 4.79 Å². The highest BCUT2D eigenvalue weighted by molar-refractivity contribution is 7.93. The molecule has 1 heterocycles. The lowest BCUT2D eigenvalue weighted by molar-refractivity contribution is -0.115. The molecule has 1 amide bonds. The average molecular weight is 366 g/mol. The molecule has 0 atom stereocenters. The molecule has 0 aliphatic heterocycles. The van der Waals surface area contributed by atoms with Gasteiger partial charge in [0.25, 0.3) is 15.9 Å². The molecule has 0 bridgehead atoms. The summed E-state index contributed by atoms with van der Waals surface area (Å²) in [6, 6.07) is 5.46. The molecule has 0 unspecified atom stereocenters. The standard InChI is InChI=1S/C15H18N4O5S/c1-4-24-15-13(23-3)14(17-9-18-15)19(10(2)20)25(21,22)12-7-5-11(16)6-8-12/h5-9H,4,16H2,1-3H3. The van der Waals surface area contributed by atoms with Gasteiger partial charge in [-0.25, -0.2) is 13.4 Å². The highest BCUT2D eigenvalue weighted by atomic mass is 32.2. The molecule has 0 spiro atoms. The lowest BCUT2D eigenvalue weighted by Crippen LogP contribution is -2.36. The topological polar surface area (TPSA) is 125 Å². The van der Waals surface area contributed by atoms with E-state index < -0.39 is 15.9 Å². The van der Waals surface area contributed by atoms with Crippen LogP contribution in [0.15, 0.2) is 35.5 Å². The molecule has 25 heavy (non-hydrogen) atoms. The summed E-state index contributed by atoms with van der Waals surface area (Å²) in [5.41, 5.74) is 5.98. The summed E-state index contributed by atoms with van der Waals surface area (Å²) in [5, 5.41) is 0. The van der Waals surface area contributed by atoms with Crippen LogP contribution in [0.2, 0.25) is 0 Å². The van der Waals surface area contributed by atoms with E-state index in [1.165, 1.54) is 31.4 Å². The van der Waals surface area contributed by atoms with Gasteiger partial charge in [-0.1, -0.05) is 0 Å². The molecule has 134 valence electrons. The molecule has 0 saturated carbocycles. The number of nitrogens with two attached hydrogens (primary N) is 1. The van der Waals surface area contributed by atoms with Gasteiger partial charge in [-0.2, -0.15) is 9.29 Å². The van der Waals surface area contributed by atoms with E-state index in [4.69, 9.17) is 15.2 Å². The van der Waals surface area contributed by atoms with Gasteiger partial charge < -0.3 is 15.2 Å². The molecule has 2 aromatic rings. The number of nitrogen functional groups attached to an aromatic ring is 1. The first-order chi connectivity index (χ1) is 11.8. The first-order valence-corrected chi connectivity index (χ1v) is 8.70. The molecule has 2 rings (SSSR count). The molecule has 0 fully saturated rings. The van der Waals surface area contributed by atoms with Gasteiger partial charge in [0.1, 0.15) is 6.33 Å². The van der Waals surface area contributed by atoms with Crippen molar-refractivity contribution in [2.45, 2.75) is 18.7 Å². The molecule has 1 aromatic heterocycles. The Labute approximate surface area is 145 Å². The van der Waals surface area contributed by atoms with Crippen LogP contribution < -0.4 is 19.5 Å². The maximum atomic E-state index is 12.9. The van der Waals surface area contributed by atoms with Crippen molar-refractivity contribution in [1.82, 2.24) is 9.97 Å². The van der Waals surface area contributed by atoms with Gasteiger partial charge in [0.05, 0.1) is 18.6 Å². The summed E-state index contributed by atoms with van der Waals surface area (Å²) in [6.07, 6.45) is 1.09. The van der Waals surface area contributed by atoms with Crippen LogP contribution in [-0.2, 0) is 14.8 Å². The zero-order valence-electron chi connectivity index (χ0n) is 14.0. The van der Waals surface area contributed by atoms with Gasteiger partial charge in [0.15, 0.2) is 5.82 Å². The summed E-state index contributed by atoms with van der Waals surface area (Å²) in [7, 11) is -2.93. The van der Waals surface area contributed by atoms with E-state index in [0.29, 0.717) is 9.99 Å². The molecular weight excluding hydrogens is 348 g/mol. The van der Waals surface area contributed by atoms with Crippen LogP contribution in [0.5, 0.6) is 11.6 Å². The summed E-state index contributed by atoms with van der Waals surface area (Å²) >= 11 is 0. The van der Waals surface area contributed by atoms with E-state index in [2.05, 4.69) is 9.97 Å². The van der Waals surface area contributed by atoms with Crippen molar-refractivity contribution >= 4 is 27.4 Å². The number of hydrogen-bond donors (Lipinski definition) is 1. The Morgan fingerprint density at radius 3 is 2.40 bits per heavy atom. The normalized spacial score (nSPS) is 11.0. The van der Waals surface area contributed by atoms with Gasteiger partial charge in [0, 0.05) is 12.6 Å². The van der Waals surface area contributed by atoms with E-state index >= 15 is 0 Å². The number of nitrogens with zero attached hydrogens (tertiary/aromatic N) is 3. The van der Waals surface area contributed by atoms with Crippen LogP contribution in [0.1, 0.15) is 13.8 Å². The smallest absolute Gasteiger partial charge is 0.272 e. The van der Waals surface area contributed by atoms with E-state index in [-0.39, 0.29) is 28.9 Å². The molecule has 0 aliphatic rings. The monoisotopic (exact) mass is 366 g/mol. The highest BCUT2D eigenvalue weighted by Crippen LogP contribution is 2.36. The predicted molar refractivity (Wildman–Crippen MR) is 91.0 cm³/mol. The minimum atomic E-state index is -4.23. The number of methoxy groups -OCH3 is 1. The van der Waals surface area contributed by atoms with Crippen molar-refractivity contribution in [3.05, 3.63) is 30.6 Å². The zero-order chi connectivity index (χ0) is 18.6. The van der Waals surface area contributed by atoms with Gasteiger partial charge >= 0.3 is 0 Å². The number of ether oxygens (including phenoxy) is 2. The third kappa shape index (κ3) is 3.63. The fourth-order valence-corrected chi connectivity index (χ4v) is 3.48. The van der Waals surface area contributed by atoms with Crippen LogP contribution in [0.25, 0.3) is 0 Å². The van der Waals surface area contributed by atoms with Crippen molar-refractivity contribution in [1.29, 1.82) is 0 Å². The van der Waals surface area contributed by atoms with E-state index in [1.807, 2.05) is 0 Å². The lowest BCUT2D eigenvalue weighted by atomic mass is 10.3. The Morgan fingerprint density at radius 2 is 1.88 bits per heavy atom. The molecule has 0 radical (unpaired) electrons. The molecule has 10 heteroatoms. The predicted octanol–water partition coefficient (Wildman–Crippen LogP) is 1.21. The van der Waals surface area contributed by atoms with Gasteiger partial charge in [-0.05, 0) is 31.2 Å². The molecule has 1 aromatic carbocycles. The second-order valence-corrected chi connectivity index (χ2v) is 6.61. The van der Waals surface area contributed by atoms with E-state index in [0.717, 1.165) is 13.3 Å². The summed E-state index contributed by atoms with van der Waals surface area (Å²) < 4.78 is 36.9. The first kappa shape index (κ1) is 18.5. The Balaban J connectivity index is 2.65. The summed E-state index contributed by atoms with van der Waals surface area (Å²) in [4.78, 5) is 19.8. The Kier molecular flexibility index (Phi) is 5.42. The number of anilines is 2. The second-order valence-electron chi connectivity index (χ2n) is 4.83. The maximum Gasteiger partial charge on any atom is 0.272 e. The number of aromatic nitrogens is 2. The third-order valence-corrected chi connectivity index (χ3v) is 4.91. The third-order valence-electron chi connectivity index (χ3n) is 3.13. The molecular formula is C15H18N4O5S. The molecule has 9 nitrogen and oxygen atoms in total. The summed E-state index contributed by atoms with van der Waals surface area (Å²) in [5.74, 6) is -1.02. The van der Waals surface area contributed by atoms with Gasteiger partial charge in [-0.15, -0.1) is 0 Å². The average Bonchev–Trinajstić information content (AvgIpc) is 2.55. The second kappa shape index (κ2) is 7.34.